The number of aliphatic hydroxyl groups is 1. The highest BCUT2D eigenvalue weighted by Gasteiger charge is 2.31. The highest BCUT2D eigenvalue weighted by molar-refractivity contribution is 6.33. The molecule has 0 aromatic heterocycles. The number of piperidine rings is 1. The lowest BCUT2D eigenvalue weighted by Gasteiger charge is -2.37. The first-order valence-electron chi connectivity index (χ1n) is 7.80. The molecular formula is C16H24ClN3O4. The molecule has 1 aliphatic heterocycles. The van der Waals surface area contributed by atoms with Gasteiger partial charge in [0.2, 0.25) is 0 Å². The number of rotatable bonds is 6. The Hall–Kier alpha value is -1.54. The molecule has 1 heterocycles. The van der Waals surface area contributed by atoms with Crippen LogP contribution >= 0.6 is 11.6 Å². The van der Waals surface area contributed by atoms with E-state index in [9.17, 15) is 4.79 Å². The minimum absolute atomic E-state index is 0.106. The van der Waals surface area contributed by atoms with Crippen molar-refractivity contribution in [1.29, 1.82) is 0 Å². The zero-order valence-corrected chi connectivity index (χ0v) is 14.7. The molecular weight excluding hydrogens is 334 g/mol. The van der Waals surface area contributed by atoms with Gasteiger partial charge < -0.3 is 25.6 Å². The van der Waals surface area contributed by atoms with Gasteiger partial charge in [-0.1, -0.05) is 11.6 Å². The fraction of sp³-hybridized carbons (Fsp3) is 0.562. The average molecular weight is 358 g/mol. The quantitative estimate of drug-likeness (QED) is 0.650. The predicted molar refractivity (Wildman–Crippen MR) is 92.6 cm³/mol. The molecule has 0 radical (unpaired) electrons. The maximum atomic E-state index is 12.6. The number of likely N-dealkylation sites (tertiary alicyclic amines) is 1. The van der Waals surface area contributed by atoms with E-state index in [0.29, 0.717) is 35.1 Å². The van der Waals surface area contributed by atoms with E-state index < -0.39 is 0 Å². The number of hydrogen-bond acceptors (Lipinski definition) is 6. The topological polar surface area (TPSA) is 97.0 Å². The smallest absolute Gasteiger partial charge is 0.255 e. The standard InChI is InChI=1S/C16H24ClN3O4/c1-23-14-8-12(18)11(17)7-10(14)16(22)19-13-3-4-20(5-6-21)9-15(13)24-2/h7-8,13,15,21H,3-6,9,18H2,1-2H3,(H,19,22). The molecule has 4 N–H and O–H groups in total. The lowest BCUT2D eigenvalue weighted by atomic mass is 10.0. The normalized spacial score (nSPS) is 21.5. The zero-order chi connectivity index (χ0) is 17.7. The Morgan fingerprint density at radius 1 is 1.50 bits per heavy atom. The number of aliphatic hydroxyl groups excluding tert-OH is 1. The molecule has 1 fully saturated rings. The second-order valence-corrected chi connectivity index (χ2v) is 6.15. The molecule has 2 unspecified atom stereocenters. The number of ether oxygens (including phenoxy) is 2. The van der Waals surface area contributed by atoms with Crippen molar-refractivity contribution in [2.45, 2.75) is 18.6 Å². The SMILES string of the molecule is COc1cc(N)c(Cl)cc1C(=O)NC1CCN(CCO)CC1OC. The molecule has 0 spiro atoms. The van der Waals surface area contributed by atoms with Gasteiger partial charge >= 0.3 is 0 Å². The highest BCUT2D eigenvalue weighted by Crippen LogP contribution is 2.29. The van der Waals surface area contributed by atoms with Crippen molar-refractivity contribution < 1.29 is 19.4 Å². The van der Waals surface area contributed by atoms with Gasteiger partial charge in [-0.3, -0.25) is 9.69 Å². The highest BCUT2D eigenvalue weighted by atomic mass is 35.5. The van der Waals surface area contributed by atoms with Crippen molar-refractivity contribution in [1.82, 2.24) is 10.2 Å². The first-order chi connectivity index (χ1) is 11.5. The van der Waals surface area contributed by atoms with Crippen molar-refractivity contribution in [3.05, 3.63) is 22.7 Å². The zero-order valence-electron chi connectivity index (χ0n) is 13.9. The molecule has 0 saturated carbocycles. The summed E-state index contributed by atoms with van der Waals surface area (Å²) in [6.45, 7) is 2.14. The molecule has 1 aromatic rings. The monoisotopic (exact) mass is 357 g/mol. The molecule has 24 heavy (non-hydrogen) atoms. The van der Waals surface area contributed by atoms with Crippen molar-refractivity contribution in [3.8, 4) is 5.75 Å². The van der Waals surface area contributed by atoms with Crippen molar-refractivity contribution >= 4 is 23.2 Å². The third kappa shape index (κ3) is 4.30. The predicted octanol–water partition coefficient (Wildman–Crippen LogP) is 0.742. The maximum absolute atomic E-state index is 12.6. The Morgan fingerprint density at radius 2 is 2.25 bits per heavy atom. The summed E-state index contributed by atoms with van der Waals surface area (Å²) in [6.07, 6.45) is 0.583. The Labute approximate surface area is 146 Å². The Kier molecular flexibility index (Phi) is 6.68. The van der Waals surface area contributed by atoms with Crippen LogP contribution in [0.4, 0.5) is 5.69 Å². The number of benzene rings is 1. The summed E-state index contributed by atoms with van der Waals surface area (Å²) in [5, 5.41) is 12.3. The van der Waals surface area contributed by atoms with Gasteiger partial charge in [0.15, 0.2) is 0 Å². The number of carbonyl (C=O) groups excluding carboxylic acids is 1. The molecule has 1 amide bonds. The van der Waals surface area contributed by atoms with E-state index in [2.05, 4.69) is 10.2 Å². The number of β-amino-alcohol motifs (C(OH)–C–C–N with tert-alkyl or cyclic N) is 1. The Bertz CT molecular complexity index is 585. The van der Waals surface area contributed by atoms with Crippen LogP contribution in [0, 0.1) is 0 Å². The number of nitrogen functional groups attached to an aromatic ring is 1. The molecule has 0 aliphatic carbocycles. The van der Waals surface area contributed by atoms with Crippen molar-refractivity contribution in [2.75, 3.05) is 46.2 Å². The fourth-order valence-corrected chi connectivity index (χ4v) is 3.05. The van der Waals surface area contributed by atoms with Gasteiger partial charge in [-0.25, -0.2) is 0 Å². The van der Waals surface area contributed by atoms with Gasteiger partial charge in [0.1, 0.15) is 5.75 Å². The van der Waals surface area contributed by atoms with Gasteiger partial charge in [-0.2, -0.15) is 0 Å². The summed E-state index contributed by atoms with van der Waals surface area (Å²) < 4.78 is 10.7. The molecule has 1 saturated heterocycles. The summed E-state index contributed by atoms with van der Waals surface area (Å²) in [5.74, 6) is 0.0949. The molecule has 134 valence electrons. The van der Waals surface area contributed by atoms with Crippen LogP contribution in [0.5, 0.6) is 5.75 Å². The van der Waals surface area contributed by atoms with E-state index in [4.69, 9.17) is 31.9 Å². The third-order valence-electron chi connectivity index (χ3n) is 4.24. The summed E-state index contributed by atoms with van der Waals surface area (Å²) in [7, 11) is 3.09. The third-order valence-corrected chi connectivity index (χ3v) is 4.57. The minimum atomic E-state index is -0.281. The number of amides is 1. The molecule has 1 aromatic carbocycles. The number of hydrogen-bond donors (Lipinski definition) is 3. The van der Waals surface area contributed by atoms with Gasteiger partial charge in [0, 0.05) is 32.8 Å². The summed E-state index contributed by atoms with van der Waals surface area (Å²) >= 11 is 6.02. The lowest BCUT2D eigenvalue weighted by Crippen LogP contribution is -2.55. The van der Waals surface area contributed by atoms with Crippen LogP contribution in [0.2, 0.25) is 5.02 Å². The summed E-state index contributed by atoms with van der Waals surface area (Å²) in [6, 6.07) is 2.92. The average Bonchev–Trinajstić information content (AvgIpc) is 2.58. The van der Waals surface area contributed by atoms with Crippen molar-refractivity contribution in [2.24, 2.45) is 0 Å². The first kappa shape index (κ1) is 18.8. The van der Waals surface area contributed by atoms with Crippen molar-refractivity contribution in [3.63, 3.8) is 0 Å². The van der Waals surface area contributed by atoms with Crippen LogP contribution < -0.4 is 15.8 Å². The Morgan fingerprint density at radius 3 is 2.88 bits per heavy atom. The number of nitrogens with two attached hydrogens (primary N) is 1. The van der Waals surface area contributed by atoms with E-state index in [1.807, 2.05) is 0 Å². The van der Waals surface area contributed by atoms with Crippen LogP contribution in [0.15, 0.2) is 12.1 Å². The minimum Gasteiger partial charge on any atom is -0.496 e. The number of halogens is 1. The van der Waals surface area contributed by atoms with E-state index in [1.54, 1.807) is 7.11 Å². The Balaban J connectivity index is 2.10. The fourth-order valence-electron chi connectivity index (χ4n) is 2.89. The number of anilines is 1. The molecule has 2 rings (SSSR count). The van der Waals surface area contributed by atoms with Gasteiger partial charge in [-0.05, 0) is 12.5 Å². The molecule has 0 bridgehead atoms. The summed E-state index contributed by atoms with van der Waals surface area (Å²) in [5.41, 5.74) is 6.44. The molecule has 1 aliphatic rings. The van der Waals surface area contributed by atoms with Crippen LogP contribution in [0.25, 0.3) is 0 Å². The van der Waals surface area contributed by atoms with Crippen LogP contribution in [0.1, 0.15) is 16.8 Å². The molecule has 8 heteroatoms. The maximum Gasteiger partial charge on any atom is 0.255 e. The van der Waals surface area contributed by atoms with Crippen LogP contribution in [0.3, 0.4) is 0 Å². The number of methoxy groups -OCH3 is 2. The van der Waals surface area contributed by atoms with E-state index in [-0.39, 0.29) is 24.7 Å². The van der Waals surface area contributed by atoms with Crippen LogP contribution in [-0.2, 0) is 4.74 Å². The second-order valence-electron chi connectivity index (χ2n) is 5.74. The largest absolute Gasteiger partial charge is 0.496 e. The van der Waals surface area contributed by atoms with Gasteiger partial charge in [-0.15, -0.1) is 0 Å². The second kappa shape index (κ2) is 8.53. The molecule has 2 atom stereocenters. The van der Waals surface area contributed by atoms with Gasteiger partial charge in [0.25, 0.3) is 5.91 Å². The van der Waals surface area contributed by atoms with Crippen LogP contribution in [-0.4, -0.2) is 68.5 Å². The first-order valence-corrected chi connectivity index (χ1v) is 8.17. The lowest BCUT2D eigenvalue weighted by molar-refractivity contribution is 0.00228. The number of nitrogens with one attached hydrogen (secondary N) is 1. The number of nitrogens with zero attached hydrogens (tertiary/aromatic N) is 1. The molecule has 7 nitrogen and oxygen atoms in total. The van der Waals surface area contributed by atoms with E-state index in [0.717, 1.165) is 13.0 Å². The number of carbonyl (C=O) groups is 1. The summed E-state index contributed by atoms with van der Waals surface area (Å²) in [4.78, 5) is 14.7. The van der Waals surface area contributed by atoms with E-state index >= 15 is 0 Å². The van der Waals surface area contributed by atoms with Gasteiger partial charge in [0.05, 0.1) is 42.1 Å². The van der Waals surface area contributed by atoms with E-state index in [1.165, 1.54) is 19.2 Å².